The smallest absolute Gasteiger partial charge is 0.165 e. The van der Waals surface area contributed by atoms with Crippen molar-refractivity contribution in [3.8, 4) is 11.5 Å². The van der Waals surface area contributed by atoms with Gasteiger partial charge in [0, 0.05) is 16.6 Å². The number of hydrogen-bond donors (Lipinski definition) is 1. The van der Waals surface area contributed by atoms with Crippen LogP contribution in [0, 0.1) is 5.82 Å². The fourth-order valence-corrected chi connectivity index (χ4v) is 2.28. The molecule has 0 bridgehead atoms. The Hall–Kier alpha value is -1.59. The molecule has 112 valence electrons. The molecule has 2 aromatic carbocycles. The zero-order valence-corrected chi connectivity index (χ0v) is 13.5. The van der Waals surface area contributed by atoms with Crippen molar-refractivity contribution >= 4 is 15.9 Å². The molecule has 0 spiro atoms. The summed E-state index contributed by atoms with van der Waals surface area (Å²) in [4.78, 5) is 0. The maximum Gasteiger partial charge on any atom is 0.165 e. The average molecular weight is 354 g/mol. The largest absolute Gasteiger partial charge is 0.497 e. The van der Waals surface area contributed by atoms with Gasteiger partial charge in [-0.05, 0) is 42.9 Å². The Bertz CT molecular complexity index is 619. The van der Waals surface area contributed by atoms with Crippen LogP contribution in [0.4, 0.5) is 4.39 Å². The van der Waals surface area contributed by atoms with Crippen LogP contribution >= 0.6 is 15.9 Å². The minimum atomic E-state index is -0.359. The Kier molecular flexibility index (Phi) is 5.59. The SMILES string of the molecule is CNCc1ccc(OCc2cc(OC)ccc2Br)c(F)c1. The molecule has 0 aliphatic rings. The molecule has 0 radical (unpaired) electrons. The predicted octanol–water partition coefficient (Wildman–Crippen LogP) is 3.90. The number of methoxy groups -OCH3 is 1. The zero-order valence-electron chi connectivity index (χ0n) is 12.0. The Morgan fingerprint density at radius 3 is 2.67 bits per heavy atom. The van der Waals surface area contributed by atoms with Gasteiger partial charge in [-0.15, -0.1) is 0 Å². The topological polar surface area (TPSA) is 30.5 Å². The normalized spacial score (nSPS) is 10.5. The molecule has 0 fully saturated rings. The van der Waals surface area contributed by atoms with E-state index in [2.05, 4.69) is 21.2 Å². The molecule has 5 heteroatoms. The fourth-order valence-electron chi connectivity index (χ4n) is 1.92. The molecule has 3 nitrogen and oxygen atoms in total. The highest BCUT2D eigenvalue weighted by Crippen LogP contribution is 2.25. The third kappa shape index (κ3) is 4.19. The Balaban J connectivity index is 2.09. The van der Waals surface area contributed by atoms with Crippen molar-refractivity contribution in [2.45, 2.75) is 13.2 Å². The van der Waals surface area contributed by atoms with E-state index >= 15 is 0 Å². The molecule has 21 heavy (non-hydrogen) atoms. The lowest BCUT2D eigenvalue weighted by molar-refractivity contribution is 0.288. The summed E-state index contributed by atoms with van der Waals surface area (Å²) >= 11 is 3.45. The van der Waals surface area contributed by atoms with Crippen LogP contribution in [0.1, 0.15) is 11.1 Å². The molecule has 0 saturated heterocycles. The molecule has 0 atom stereocenters. The van der Waals surface area contributed by atoms with Crippen LogP contribution in [0.25, 0.3) is 0 Å². The maximum atomic E-state index is 13.9. The number of halogens is 2. The molecule has 2 aromatic rings. The lowest BCUT2D eigenvalue weighted by Crippen LogP contribution is -2.06. The van der Waals surface area contributed by atoms with Gasteiger partial charge in [0.1, 0.15) is 12.4 Å². The lowest BCUT2D eigenvalue weighted by Gasteiger charge is -2.11. The van der Waals surface area contributed by atoms with Crippen LogP contribution in [-0.2, 0) is 13.2 Å². The van der Waals surface area contributed by atoms with Gasteiger partial charge in [0.05, 0.1) is 7.11 Å². The van der Waals surface area contributed by atoms with Gasteiger partial charge in [-0.2, -0.15) is 0 Å². The molecule has 0 aliphatic carbocycles. The number of nitrogens with one attached hydrogen (secondary N) is 1. The first-order valence-electron chi connectivity index (χ1n) is 6.52. The molecule has 0 heterocycles. The highest BCUT2D eigenvalue weighted by atomic mass is 79.9. The summed E-state index contributed by atoms with van der Waals surface area (Å²) in [5.74, 6) is 0.619. The molecular weight excluding hydrogens is 337 g/mol. The van der Waals surface area contributed by atoms with Crippen LogP contribution < -0.4 is 14.8 Å². The number of rotatable bonds is 6. The van der Waals surface area contributed by atoms with E-state index in [0.29, 0.717) is 6.54 Å². The zero-order chi connectivity index (χ0) is 15.2. The molecule has 0 saturated carbocycles. The van der Waals surface area contributed by atoms with Crippen molar-refractivity contribution in [2.75, 3.05) is 14.2 Å². The Morgan fingerprint density at radius 1 is 1.19 bits per heavy atom. The van der Waals surface area contributed by atoms with Gasteiger partial charge in [-0.25, -0.2) is 4.39 Å². The van der Waals surface area contributed by atoms with E-state index in [9.17, 15) is 4.39 Å². The highest BCUT2D eigenvalue weighted by Gasteiger charge is 2.07. The summed E-state index contributed by atoms with van der Waals surface area (Å²) in [6.45, 7) is 0.888. The van der Waals surface area contributed by atoms with Gasteiger partial charge >= 0.3 is 0 Å². The van der Waals surface area contributed by atoms with E-state index in [1.54, 1.807) is 13.2 Å². The van der Waals surface area contributed by atoms with Crippen molar-refractivity contribution in [1.29, 1.82) is 0 Å². The van der Waals surface area contributed by atoms with Crippen molar-refractivity contribution in [3.63, 3.8) is 0 Å². The van der Waals surface area contributed by atoms with Crippen LogP contribution in [0.3, 0.4) is 0 Å². The fraction of sp³-hybridized carbons (Fsp3) is 0.250. The predicted molar refractivity (Wildman–Crippen MR) is 84.2 cm³/mol. The summed E-state index contributed by atoms with van der Waals surface area (Å²) in [7, 11) is 3.43. The number of hydrogen-bond acceptors (Lipinski definition) is 3. The van der Waals surface area contributed by atoms with Crippen molar-refractivity contribution < 1.29 is 13.9 Å². The second-order valence-electron chi connectivity index (χ2n) is 4.54. The van der Waals surface area contributed by atoms with Crippen molar-refractivity contribution in [1.82, 2.24) is 5.32 Å². The molecule has 2 rings (SSSR count). The molecule has 0 aromatic heterocycles. The van der Waals surface area contributed by atoms with Gasteiger partial charge < -0.3 is 14.8 Å². The molecule has 0 unspecified atom stereocenters. The summed E-state index contributed by atoms with van der Waals surface area (Å²) in [6.07, 6.45) is 0. The van der Waals surface area contributed by atoms with E-state index in [-0.39, 0.29) is 18.2 Å². The molecule has 1 N–H and O–H groups in total. The van der Waals surface area contributed by atoms with E-state index in [0.717, 1.165) is 21.3 Å². The van der Waals surface area contributed by atoms with Gasteiger partial charge in [0.2, 0.25) is 0 Å². The first kappa shape index (κ1) is 15.8. The second-order valence-corrected chi connectivity index (χ2v) is 5.40. The first-order chi connectivity index (χ1) is 10.1. The second kappa shape index (κ2) is 7.43. The van der Waals surface area contributed by atoms with E-state index in [1.165, 1.54) is 6.07 Å². The third-order valence-corrected chi connectivity index (χ3v) is 3.79. The van der Waals surface area contributed by atoms with Crippen molar-refractivity contribution in [2.24, 2.45) is 0 Å². The van der Waals surface area contributed by atoms with E-state index < -0.39 is 0 Å². The average Bonchev–Trinajstić information content (AvgIpc) is 2.48. The van der Waals surface area contributed by atoms with Crippen LogP contribution in [0.15, 0.2) is 40.9 Å². The molecule has 0 aliphatic heterocycles. The number of ether oxygens (including phenoxy) is 2. The quantitative estimate of drug-likeness (QED) is 0.854. The van der Waals surface area contributed by atoms with Crippen LogP contribution in [-0.4, -0.2) is 14.2 Å². The highest BCUT2D eigenvalue weighted by molar-refractivity contribution is 9.10. The summed E-state index contributed by atoms with van der Waals surface area (Å²) in [5, 5.41) is 2.98. The van der Waals surface area contributed by atoms with Crippen LogP contribution in [0.5, 0.6) is 11.5 Å². The Labute approximate surface area is 132 Å². The van der Waals surface area contributed by atoms with Crippen molar-refractivity contribution in [3.05, 3.63) is 57.8 Å². The van der Waals surface area contributed by atoms with Gasteiger partial charge in [-0.3, -0.25) is 0 Å². The Morgan fingerprint density at radius 2 is 2.00 bits per heavy atom. The summed E-state index contributed by atoms with van der Waals surface area (Å²) in [6, 6.07) is 10.6. The standard InChI is InChI=1S/C16H17BrFNO2/c1-19-9-11-3-6-16(15(18)7-11)21-10-12-8-13(20-2)4-5-14(12)17/h3-8,19H,9-10H2,1-2H3. The van der Waals surface area contributed by atoms with E-state index in [1.807, 2.05) is 31.3 Å². The minimum Gasteiger partial charge on any atom is -0.497 e. The monoisotopic (exact) mass is 353 g/mol. The summed E-state index contributed by atoms with van der Waals surface area (Å²) in [5.41, 5.74) is 1.78. The summed E-state index contributed by atoms with van der Waals surface area (Å²) < 4.78 is 25.6. The van der Waals surface area contributed by atoms with Gasteiger partial charge in [0.15, 0.2) is 11.6 Å². The number of benzene rings is 2. The van der Waals surface area contributed by atoms with Gasteiger partial charge in [0.25, 0.3) is 0 Å². The van der Waals surface area contributed by atoms with Gasteiger partial charge in [-0.1, -0.05) is 22.0 Å². The van der Waals surface area contributed by atoms with Crippen LogP contribution in [0.2, 0.25) is 0 Å². The van der Waals surface area contributed by atoms with E-state index in [4.69, 9.17) is 9.47 Å². The lowest BCUT2D eigenvalue weighted by atomic mass is 10.2. The molecular formula is C16H17BrFNO2. The first-order valence-corrected chi connectivity index (χ1v) is 7.31. The molecule has 0 amide bonds. The maximum absolute atomic E-state index is 13.9. The minimum absolute atomic E-state index is 0.240. The third-order valence-electron chi connectivity index (χ3n) is 3.01.